The smallest absolute Gasteiger partial charge is 0.263 e. The molecule has 0 bridgehead atoms. The largest absolute Gasteiger partial charge is 0.497 e. The van der Waals surface area contributed by atoms with Crippen LogP contribution in [0.25, 0.3) is 38.1 Å². The second kappa shape index (κ2) is 8.29. The molecule has 172 valence electrons. The first-order valence-electron chi connectivity index (χ1n) is 11.2. The molecule has 0 spiro atoms. The first-order valence-corrected chi connectivity index (χ1v) is 11.2. The summed E-state index contributed by atoms with van der Waals surface area (Å²) in [4.78, 5) is 30.3. The second-order valence-electron chi connectivity index (χ2n) is 8.34. The van der Waals surface area contributed by atoms with E-state index in [1.54, 1.807) is 23.8 Å². The molecule has 6 rings (SSSR count). The third-order valence-corrected chi connectivity index (χ3v) is 6.26. The Labute approximate surface area is 199 Å². The van der Waals surface area contributed by atoms with Gasteiger partial charge in [-0.2, -0.15) is 0 Å². The lowest BCUT2D eigenvalue weighted by Crippen LogP contribution is -2.28. The topological polar surface area (TPSA) is 81.9 Å². The normalized spacial score (nSPS) is 11.5. The van der Waals surface area contributed by atoms with Crippen LogP contribution < -0.4 is 20.3 Å². The Morgan fingerprint density at radius 1 is 0.914 bits per heavy atom. The van der Waals surface area contributed by atoms with Gasteiger partial charge >= 0.3 is 0 Å². The first kappa shape index (κ1) is 20.9. The fourth-order valence-electron chi connectivity index (χ4n) is 4.62. The highest BCUT2D eigenvalue weighted by molar-refractivity contribution is 6.18. The molecule has 3 heterocycles. The van der Waals surface area contributed by atoms with Crippen LogP contribution in [0.1, 0.15) is 5.56 Å². The van der Waals surface area contributed by atoms with Gasteiger partial charge < -0.3 is 14.8 Å². The summed E-state index contributed by atoms with van der Waals surface area (Å²) in [6.45, 7) is 0.260. The lowest BCUT2D eigenvalue weighted by Gasteiger charge is -2.09. The minimum atomic E-state index is -0.231. The van der Waals surface area contributed by atoms with Crippen LogP contribution >= 0.6 is 0 Å². The van der Waals surface area contributed by atoms with Gasteiger partial charge in [0.25, 0.3) is 11.5 Å². The summed E-state index contributed by atoms with van der Waals surface area (Å²) in [6, 6.07) is 22.5. The van der Waals surface area contributed by atoms with Crippen molar-refractivity contribution < 1.29 is 14.3 Å². The van der Waals surface area contributed by atoms with Crippen LogP contribution in [-0.4, -0.2) is 29.0 Å². The SMILES string of the molecule is COc1cccc(CNC(=O)COc2ccc3c(c2)c2ccnc4c5ccccc5c(=O)n3c24)c1. The van der Waals surface area contributed by atoms with Gasteiger partial charge in [-0.3, -0.25) is 19.0 Å². The summed E-state index contributed by atoms with van der Waals surface area (Å²) in [6.07, 6.45) is 1.76. The van der Waals surface area contributed by atoms with Crippen LogP contribution in [-0.2, 0) is 11.3 Å². The molecule has 7 nitrogen and oxygen atoms in total. The van der Waals surface area contributed by atoms with Crippen LogP contribution in [0.5, 0.6) is 11.5 Å². The van der Waals surface area contributed by atoms with E-state index in [2.05, 4.69) is 10.3 Å². The average Bonchev–Trinajstić information content (AvgIpc) is 3.24. The third kappa shape index (κ3) is 3.49. The third-order valence-electron chi connectivity index (χ3n) is 6.26. The number of pyridine rings is 2. The van der Waals surface area contributed by atoms with Crippen molar-refractivity contribution in [1.29, 1.82) is 0 Å². The highest BCUT2D eigenvalue weighted by atomic mass is 16.5. The highest BCUT2D eigenvalue weighted by Gasteiger charge is 2.18. The molecule has 0 atom stereocenters. The number of nitrogens with zero attached hydrogens (tertiary/aromatic N) is 2. The standard InChI is InChI=1S/C28H21N3O4/c1-34-18-6-4-5-17(13-18)15-30-25(32)16-35-19-9-10-24-23(14-19)21-11-12-29-26-20-7-2-3-8-22(20)28(33)31(24)27(21)26/h2-14H,15-16H2,1H3,(H,30,32). The fourth-order valence-corrected chi connectivity index (χ4v) is 4.62. The van der Waals surface area contributed by atoms with Crippen LogP contribution in [0.3, 0.4) is 0 Å². The van der Waals surface area contributed by atoms with E-state index in [4.69, 9.17) is 9.47 Å². The van der Waals surface area contributed by atoms with Gasteiger partial charge in [0.05, 0.1) is 23.7 Å². The van der Waals surface area contributed by atoms with Crippen LogP contribution in [0.4, 0.5) is 0 Å². The van der Waals surface area contributed by atoms with Gasteiger partial charge in [-0.15, -0.1) is 0 Å². The first-order chi connectivity index (χ1) is 17.1. The van der Waals surface area contributed by atoms with Crippen molar-refractivity contribution in [3.05, 3.63) is 94.9 Å². The summed E-state index contributed by atoms with van der Waals surface area (Å²) < 4.78 is 12.7. The number of aromatic nitrogens is 2. The highest BCUT2D eigenvalue weighted by Crippen LogP contribution is 2.34. The molecule has 0 unspecified atom stereocenters. The van der Waals surface area contributed by atoms with E-state index in [-0.39, 0.29) is 18.1 Å². The zero-order chi connectivity index (χ0) is 23.9. The second-order valence-corrected chi connectivity index (χ2v) is 8.34. The van der Waals surface area contributed by atoms with Gasteiger partial charge in [-0.05, 0) is 48.0 Å². The number of carbonyl (C=O) groups is 1. The van der Waals surface area contributed by atoms with E-state index < -0.39 is 0 Å². The summed E-state index contributed by atoms with van der Waals surface area (Å²) >= 11 is 0. The lowest BCUT2D eigenvalue weighted by molar-refractivity contribution is -0.123. The quantitative estimate of drug-likeness (QED) is 0.373. The zero-order valence-corrected chi connectivity index (χ0v) is 18.9. The molecule has 1 amide bonds. The number of rotatable bonds is 6. The Balaban J connectivity index is 1.30. The molecule has 0 saturated heterocycles. The van der Waals surface area contributed by atoms with Gasteiger partial charge in [-0.1, -0.05) is 30.3 Å². The summed E-state index contributed by atoms with van der Waals surface area (Å²) in [5.41, 5.74) is 3.22. The van der Waals surface area contributed by atoms with E-state index in [0.717, 1.165) is 44.0 Å². The van der Waals surface area contributed by atoms with E-state index >= 15 is 0 Å². The van der Waals surface area contributed by atoms with E-state index in [0.29, 0.717) is 17.7 Å². The van der Waals surface area contributed by atoms with Crippen molar-refractivity contribution >= 4 is 44.0 Å². The van der Waals surface area contributed by atoms with E-state index in [9.17, 15) is 9.59 Å². The fraction of sp³-hybridized carbons (Fsp3) is 0.107. The van der Waals surface area contributed by atoms with E-state index in [1.165, 1.54) is 0 Å². The number of nitrogens with one attached hydrogen (secondary N) is 1. The number of methoxy groups -OCH3 is 1. The predicted molar refractivity (Wildman–Crippen MR) is 136 cm³/mol. The number of carbonyl (C=O) groups excluding carboxylic acids is 1. The number of hydrogen-bond donors (Lipinski definition) is 1. The van der Waals surface area contributed by atoms with Gasteiger partial charge in [-0.25, -0.2) is 0 Å². The van der Waals surface area contributed by atoms with Crippen molar-refractivity contribution in [2.75, 3.05) is 13.7 Å². The molecule has 1 N–H and O–H groups in total. The molecule has 3 aromatic carbocycles. The van der Waals surface area contributed by atoms with Gasteiger partial charge in [0, 0.05) is 34.3 Å². The maximum absolute atomic E-state index is 13.3. The van der Waals surface area contributed by atoms with Crippen LogP contribution in [0, 0.1) is 0 Å². The molecule has 7 heteroatoms. The maximum Gasteiger partial charge on any atom is 0.263 e. The molecule has 0 aliphatic rings. The molecule has 0 radical (unpaired) electrons. The zero-order valence-electron chi connectivity index (χ0n) is 18.9. The number of ether oxygens (including phenoxy) is 2. The summed E-state index contributed by atoms with van der Waals surface area (Å²) in [5.74, 6) is 1.06. The Hall–Kier alpha value is -4.65. The molecule has 0 aliphatic carbocycles. The number of hydrogen-bond acceptors (Lipinski definition) is 5. The van der Waals surface area contributed by atoms with Crippen molar-refractivity contribution in [1.82, 2.24) is 14.7 Å². The molecular weight excluding hydrogens is 442 g/mol. The Kier molecular flexibility index (Phi) is 4.95. The van der Waals surface area contributed by atoms with Crippen LogP contribution in [0.2, 0.25) is 0 Å². The van der Waals surface area contributed by atoms with Gasteiger partial charge in [0.15, 0.2) is 6.61 Å². The maximum atomic E-state index is 13.3. The molecule has 0 fully saturated rings. The monoisotopic (exact) mass is 463 g/mol. The van der Waals surface area contributed by atoms with Gasteiger partial charge in [0.2, 0.25) is 0 Å². The van der Waals surface area contributed by atoms with Crippen molar-refractivity contribution in [3.63, 3.8) is 0 Å². The van der Waals surface area contributed by atoms with Crippen molar-refractivity contribution in [2.24, 2.45) is 0 Å². The molecule has 35 heavy (non-hydrogen) atoms. The summed E-state index contributed by atoms with van der Waals surface area (Å²) in [5, 5.41) is 6.11. The minimum absolute atomic E-state index is 0.0771. The van der Waals surface area contributed by atoms with Crippen molar-refractivity contribution in [3.8, 4) is 11.5 Å². The average molecular weight is 463 g/mol. The van der Waals surface area contributed by atoms with Gasteiger partial charge in [0.1, 0.15) is 11.5 Å². The summed E-state index contributed by atoms with van der Waals surface area (Å²) in [7, 11) is 1.61. The number of benzene rings is 3. The van der Waals surface area contributed by atoms with Crippen LogP contribution in [0.15, 0.2) is 83.8 Å². The van der Waals surface area contributed by atoms with Crippen molar-refractivity contribution in [2.45, 2.75) is 6.54 Å². The molecule has 0 saturated carbocycles. The Bertz CT molecular complexity index is 1790. The molecular formula is C28H21N3O4. The number of amides is 1. The molecule has 3 aromatic heterocycles. The minimum Gasteiger partial charge on any atom is -0.497 e. The predicted octanol–water partition coefficient (Wildman–Crippen LogP) is 4.30. The number of fused-ring (bicyclic) bond motifs is 5. The lowest BCUT2D eigenvalue weighted by atomic mass is 10.1. The Morgan fingerprint density at radius 3 is 2.63 bits per heavy atom. The Morgan fingerprint density at radius 2 is 1.77 bits per heavy atom. The molecule has 6 aromatic rings. The molecule has 0 aliphatic heterocycles. The van der Waals surface area contributed by atoms with E-state index in [1.807, 2.05) is 66.7 Å².